The van der Waals surface area contributed by atoms with Crippen LogP contribution >= 0.6 is 0 Å². The van der Waals surface area contributed by atoms with Crippen LogP contribution in [0.4, 0.5) is 11.6 Å². The Labute approximate surface area is 125 Å². The Bertz CT molecular complexity index is 582. The molecule has 1 aliphatic heterocycles. The lowest BCUT2D eigenvalue weighted by Gasteiger charge is -2.28. The quantitative estimate of drug-likeness (QED) is 0.933. The number of morpholine rings is 1. The molecule has 1 aromatic heterocycles. The molecule has 2 heterocycles. The molecule has 0 atom stereocenters. The molecule has 5 heteroatoms. The molecule has 1 saturated heterocycles. The average Bonchev–Trinajstić information content (AvgIpc) is 2.54. The standard InChI is InChI=1S/C16H20N4O/c1-13-18-15(17-12-14-5-3-2-4-6-14)11-16(19-13)20-7-9-21-10-8-20/h2-6,11H,7-10,12H2,1H3,(H,17,18,19). The lowest BCUT2D eigenvalue weighted by Crippen LogP contribution is -2.37. The van der Waals surface area contributed by atoms with Gasteiger partial charge in [0.1, 0.15) is 17.5 Å². The number of ether oxygens (including phenoxy) is 1. The van der Waals surface area contributed by atoms with Crippen LogP contribution in [0.1, 0.15) is 11.4 Å². The number of hydrogen-bond donors (Lipinski definition) is 1. The van der Waals surface area contributed by atoms with Crippen LogP contribution in [0.15, 0.2) is 36.4 Å². The molecule has 0 aliphatic carbocycles. The van der Waals surface area contributed by atoms with Crippen molar-refractivity contribution in [3.63, 3.8) is 0 Å². The summed E-state index contributed by atoms with van der Waals surface area (Å²) in [5.41, 5.74) is 1.24. The predicted octanol–water partition coefficient (Wildman–Crippen LogP) is 2.23. The maximum Gasteiger partial charge on any atom is 0.134 e. The minimum Gasteiger partial charge on any atom is -0.378 e. The van der Waals surface area contributed by atoms with Gasteiger partial charge in [0.2, 0.25) is 0 Å². The van der Waals surface area contributed by atoms with E-state index in [-0.39, 0.29) is 0 Å². The summed E-state index contributed by atoms with van der Waals surface area (Å²) in [6, 6.07) is 12.3. The topological polar surface area (TPSA) is 50.3 Å². The van der Waals surface area contributed by atoms with Gasteiger partial charge >= 0.3 is 0 Å². The van der Waals surface area contributed by atoms with Crippen molar-refractivity contribution in [2.45, 2.75) is 13.5 Å². The van der Waals surface area contributed by atoms with Gasteiger partial charge in [-0.3, -0.25) is 0 Å². The summed E-state index contributed by atoms with van der Waals surface area (Å²) in [7, 11) is 0. The molecule has 1 aromatic carbocycles. The highest BCUT2D eigenvalue weighted by atomic mass is 16.5. The number of rotatable bonds is 4. The van der Waals surface area contributed by atoms with Crippen LogP contribution in [0.25, 0.3) is 0 Å². The van der Waals surface area contributed by atoms with Crippen LogP contribution in [0.3, 0.4) is 0 Å². The molecule has 1 fully saturated rings. The average molecular weight is 284 g/mol. The maximum atomic E-state index is 5.39. The van der Waals surface area contributed by atoms with Crippen LogP contribution < -0.4 is 10.2 Å². The smallest absolute Gasteiger partial charge is 0.134 e. The first-order valence-corrected chi connectivity index (χ1v) is 7.27. The highest BCUT2D eigenvalue weighted by Gasteiger charge is 2.13. The Morgan fingerprint density at radius 3 is 2.67 bits per heavy atom. The van der Waals surface area contributed by atoms with E-state index in [1.54, 1.807) is 0 Å². The van der Waals surface area contributed by atoms with Crippen molar-refractivity contribution >= 4 is 11.6 Å². The third kappa shape index (κ3) is 3.70. The first-order chi connectivity index (χ1) is 10.3. The predicted molar refractivity (Wildman–Crippen MR) is 83.6 cm³/mol. The van der Waals surface area contributed by atoms with Gasteiger partial charge in [-0.15, -0.1) is 0 Å². The van der Waals surface area contributed by atoms with Crippen LogP contribution in [0.2, 0.25) is 0 Å². The van der Waals surface area contributed by atoms with E-state index in [9.17, 15) is 0 Å². The number of aromatic nitrogens is 2. The molecule has 1 aliphatic rings. The normalized spacial score (nSPS) is 15.0. The van der Waals surface area contributed by atoms with Gasteiger partial charge in [-0.2, -0.15) is 0 Å². The van der Waals surface area contributed by atoms with E-state index < -0.39 is 0 Å². The zero-order chi connectivity index (χ0) is 14.5. The molecule has 1 N–H and O–H groups in total. The number of nitrogens with one attached hydrogen (secondary N) is 1. The fourth-order valence-electron chi connectivity index (χ4n) is 2.39. The minimum absolute atomic E-state index is 0.760. The fourth-order valence-corrected chi connectivity index (χ4v) is 2.39. The molecule has 0 spiro atoms. The maximum absolute atomic E-state index is 5.39. The van der Waals surface area contributed by atoms with Gasteiger partial charge in [-0.05, 0) is 12.5 Å². The third-order valence-electron chi connectivity index (χ3n) is 3.48. The number of hydrogen-bond acceptors (Lipinski definition) is 5. The Hall–Kier alpha value is -2.14. The molecule has 0 saturated carbocycles. The summed E-state index contributed by atoms with van der Waals surface area (Å²) < 4.78 is 5.39. The van der Waals surface area contributed by atoms with Crippen molar-refractivity contribution in [2.24, 2.45) is 0 Å². The first-order valence-electron chi connectivity index (χ1n) is 7.27. The van der Waals surface area contributed by atoms with Gasteiger partial charge in [0.05, 0.1) is 13.2 Å². The highest BCUT2D eigenvalue weighted by Crippen LogP contribution is 2.17. The minimum atomic E-state index is 0.760. The highest BCUT2D eigenvalue weighted by molar-refractivity contribution is 5.49. The SMILES string of the molecule is Cc1nc(NCc2ccccc2)cc(N2CCOCC2)n1. The second-order valence-electron chi connectivity index (χ2n) is 5.10. The van der Waals surface area contributed by atoms with Crippen LogP contribution in [-0.4, -0.2) is 36.3 Å². The molecule has 0 radical (unpaired) electrons. The van der Waals surface area contributed by atoms with Crippen molar-refractivity contribution < 1.29 is 4.74 Å². The van der Waals surface area contributed by atoms with Crippen molar-refractivity contribution in [3.05, 3.63) is 47.8 Å². The Kier molecular flexibility index (Phi) is 4.31. The molecule has 5 nitrogen and oxygen atoms in total. The van der Waals surface area contributed by atoms with E-state index in [4.69, 9.17) is 4.74 Å². The zero-order valence-corrected chi connectivity index (χ0v) is 12.2. The zero-order valence-electron chi connectivity index (χ0n) is 12.2. The third-order valence-corrected chi connectivity index (χ3v) is 3.48. The molecular weight excluding hydrogens is 264 g/mol. The summed E-state index contributed by atoms with van der Waals surface area (Å²) in [6.45, 7) is 5.98. The van der Waals surface area contributed by atoms with Crippen LogP contribution in [-0.2, 0) is 11.3 Å². The number of aryl methyl sites for hydroxylation is 1. The Balaban J connectivity index is 1.71. The van der Waals surface area contributed by atoms with Crippen molar-refractivity contribution in [1.82, 2.24) is 9.97 Å². The first kappa shape index (κ1) is 13.8. The Morgan fingerprint density at radius 1 is 1.14 bits per heavy atom. The molecule has 0 bridgehead atoms. The van der Waals surface area contributed by atoms with Crippen molar-refractivity contribution in [1.29, 1.82) is 0 Å². The van der Waals surface area contributed by atoms with Gasteiger partial charge in [0.15, 0.2) is 0 Å². The number of benzene rings is 1. The summed E-state index contributed by atoms with van der Waals surface area (Å²) >= 11 is 0. The molecule has 0 unspecified atom stereocenters. The van der Waals surface area contributed by atoms with Gasteiger partial charge in [-0.25, -0.2) is 9.97 Å². The van der Waals surface area contributed by atoms with E-state index in [0.717, 1.165) is 50.3 Å². The summed E-state index contributed by atoms with van der Waals surface area (Å²) in [5, 5.41) is 3.37. The van der Waals surface area contributed by atoms with E-state index in [2.05, 4.69) is 32.3 Å². The van der Waals surface area contributed by atoms with Crippen LogP contribution in [0.5, 0.6) is 0 Å². The van der Waals surface area contributed by atoms with Gasteiger partial charge in [-0.1, -0.05) is 30.3 Å². The van der Waals surface area contributed by atoms with Crippen molar-refractivity contribution in [3.8, 4) is 0 Å². The number of anilines is 2. The molecule has 110 valence electrons. The summed E-state index contributed by atoms with van der Waals surface area (Å²) in [4.78, 5) is 11.2. The van der Waals surface area contributed by atoms with E-state index in [1.807, 2.05) is 31.2 Å². The van der Waals surface area contributed by atoms with E-state index in [1.165, 1.54) is 5.56 Å². The molecular formula is C16H20N4O. The second kappa shape index (κ2) is 6.54. The van der Waals surface area contributed by atoms with E-state index >= 15 is 0 Å². The van der Waals surface area contributed by atoms with Crippen molar-refractivity contribution in [2.75, 3.05) is 36.5 Å². The molecule has 21 heavy (non-hydrogen) atoms. The molecule has 3 rings (SSSR count). The summed E-state index contributed by atoms with van der Waals surface area (Å²) in [5.74, 6) is 2.63. The fraction of sp³-hybridized carbons (Fsp3) is 0.375. The lowest BCUT2D eigenvalue weighted by molar-refractivity contribution is 0.122. The molecule has 2 aromatic rings. The lowest BCUT2D eigenvalue weighted by atomic mass is 10.2. The second-order valence-corrected chi connectivity index (χ2v) is 5.10. The van der Waals surface area contributed by atoms with Gasteiger partial charge in [0, 0.05) is 25.7 Å². The Morgan fingerprint density at radius 2 is 1.90 bits per heavy atom. The van der Waals surface area contributed by atoms with Crippen LogP contribution in [0, 0.1) is 6.92 Å². The molecule has 0 amide bonds. The van der Waals surface area contributed by atoms with Gasteiger partial charge in [0.25, 0.3) is 0 Å². The summed E-state index contributed by atoms with van der Waals surface area (Å²) in [6.07, 6.45) is 0. The van der Waals surface area contributed by atoms with E-state index in [0.29, 0.717) is 0 Å². The monoisotopic (exact) mass is 284 g/mol. The van der Waals surface area contributed by atoms with Gasteiger partial charge < -0.3 is 15.0 Å². The number of nitrogens with zero attached hydrogens (tertiary/aromatic N) is 3. The largest absolute Gasteiger partial charge is 0.378 e.